The monoisotopic (exact) mass is 256 g/mol. The maximum Gasteiger partial charge on any atom is 0.223 e. The quantitative estimate of drug-likeness (QED) is 0.781. The molecule has 0 saturated heterocycles. The highest BCUT2D eigenvalue weighted by Gasteiger charge is 2.21. The summed E-state index contributed by atoms with van der Waals surface area (Å²) in [6.07, 6.45) is 6.67. The third-order valence-corrected chi connectivity index (χ3v) is 3.00. The first-order chi connectivity index (χ1) is 8.51. The number of nitrogens with one attached hydrogen (secondary N) is 1. The Labute approximate surface area is 111 Å². The van der Waals surface area contributed by atoms with Gasteiger partial charge in [-0.1, -0.05) is 19.3 Å². The molecule has 0 radical (unpaired) electrons. The van der Waals surface area contributed by atoms with Crippen molar-refractivity contribution in [3.8, 4) is 0 Å². The SMILES string of the molecule is CC(CN(C)C)NC(=O)C1CCCCC1.CC=O. The molecule has 18 heavy (non-hydrogen) atoms. The van der Waals surface area contributed by atoms with Crippen molar-refractivity contribution in [3.05, 3.63) is 0 Å². The first kappa shape index (κ1) is 17.1. The van der Waals surface area contributed by atoms with Gasteiger partial charge in [0, 0.05) is 18.5 Å². The molecule has 1 amide bonds. The molecule has 0 heterocycles. The van der Waals surface area contributed by atoms with Crippen molar-refractivity contribution < 1.29 is 9.59 Å². The van der Waals surface area contributed by atoms with Gasteiger partial charge in [0.25, 0.3) is 0 Å². The molecule has 1 aliphatic carbocycles. The second-order valence-corrected chi connectivity index (χ2v) is 5.24. The Morgan fingerprint density at radius 2 is 1.83 bits per heavy atom. The Balaban J connectivity index is 0.000000873. The molecule has 1 aliphatic rings. The molecule has 1 N–H and O–H groups in total. The van der Waals surface area contributed by atoms with Gasteiger partial charge < -0.3 is 15.0 Å². The normalized spacial score (nSPS) is 17.6. The number of nitrogens with zero attached hydrogens (tertiary/aromatic N) is 1. The van der Waals surface area contributed by atoms with E-state index in [9.17, 15) is 4.79 Å². The largest absolute Gasteiger partial charge is 0.352 e. The van der Waals surface area contributed by atoms with Crippen molar-refractivity contribution in [3.63, 3.8) is 0 Å². The van der Waals surface area contributed by atoms with E-state index in [4.69, 9.17) is 4.79 Å². The molecule has 0 spiro atoms. The van der Waals surface area contributed by atoms with Crippen molar-refractivity contribution in [1.29, 1.82) is 0 Å². The number of aldehydes is 1. The first-order valence-electron chi connectivity index (χ1n) is 6.86. The standard InChI is InChI=1S/C12H24N2O.C2H4O/c1-10(9-14(2)3)13-12(15)11-7-5-4-6-8-11;1-2-3/h10-11H,4-9H2,1-3H3,(H,13,15);2H,1H3. The van der Waals surface area contributed by atoms with Crippen LogP contribution in [0.1, 0.15) is 46.0 Å². The van der Waals surface area contributed by atoms with Crippen molar-refractivity contribution >= 4 is 12.2 Å². The molecule has 1 atom stereocenters. The van der Waals surface area contributed by atoms with Crippen molar-refractivity contribution in [2.24, 2.45) is 5.92 Å². The van der Waals surface area contributed by atoms with Gasteiger partial charge in [0.2, 0.25) is 5.91 Å². The minimum Gasteiger partial charge on any atom is -0.352 e. The van der Waals surface area contributed by atoms with Crippen LogP contribution in [-0.4, -0.2) is 43.8 Å². The second kappa shape index (κ2) is 10.1. The van der Waals surface area contributed by atoms with Crippen LogP contribution in [0.3, 0.4) is 0 Å². The van der Waals surface area contributed by atoms with E-state index in [0.717, 1.165) is 25.7 Å². The highest BCUT2D eigenvalue weighted by atomic mass is 16.2. The van der Waals surface area contributed by atoms with E-state index in [1.54, 1.807) is 0 Å². The molecule has 1 unspecified atom stereocenters. The molecule has 1 saturated carbocycles. The maximum absolute atomic E-state index is 11.9. The summed E-state index contributed by atoms with van der Waals surface area (Å²) in [5, 5.41) is 3.10. The zero-order valence-corrected chi connectivity index (χ0v) is 12.2. The zero-order valence-electron chi connectivity index (χ0n) is 12.2. The third kappa shape index (κ3) is 8.23. The van der Waals surface area contributed by atoms with Gasteiger partial charge in [-0.2, -0.15) is 0 Å². The lowest BCUT2D eigenvalue weighted by atomic mass is 9.88. The summed E-state index contributed by atoms with van der Waals surface area (Å²) >= 11 is 0. The molecule has 4 heteroatoms. The smallest absolute Gasteiger partial charge is 0.223 e. The molecule has 1 rings (SSSR count). The number of rotatable bonds is 4. The minimum atomic E-state index is 0.259. The van der Waals surface area contributed by atoms with Crippen LogP contribution in [0.2, 0.25) is 0 Å². The zero-order chi connectivity index (χ0) is 14.0. The van der Waals surface area contributed by atoms with Crippen LogP contribution in [0.4, 0.5) is 0 Å². The molecule has 4 nitrogen and oxygen atoms in total. The topological polar surface area (TPSA) is 49.4 Å². The molecule has 0 aromatic carbocycles. The predicted octanol–water partition coefficient (Wildman–Crippen LogP) is 1.84. The van der Waals surface area contributed by atoms with Gasteiger partial charge in [-0.15, -0.1) is 0 Å². The van der Waals surface area contributed by atoms with Gasteiger partial charge in [-0.3, -0.25) is 4.79 Å². The Kier molecular flexibility index (Phi) is 9.56. The van der Waals surface area contributed by atoms with Crippen LogP contribution in [0.25, 0.3) is 0 Å². The van der Waals surface area contributed by atoms with E-state index in [1.807, 2.05) is 14.1 Å². The van der Waals surface area contributed by atoms with Crippen LogP contribution in [0, 0.1) is 5.92 Å². The van der Waals surface area contributed by atoms with Crippen LogP contribution >= 0.6 is 0 Å². The highest BCUT2D eigenvalue weighted by Crippen LogP contribution is 2.23. The summed E-state index contributed by atoms with van der Waals surface area (Å²) in [6, 6.07) is 0.259. The molecule has 106 valence electrons. The molecule has 1 fully saturated rings. The Bertz CT molecular complexity index is 236. The lowest BCUT2D eigenvalue weighted by molar-refractivity contribution is -0.126. The van der Waals surface area contributed by atoms with Crippen LogP contribution in [0.15, 0.2) is 0 Å². The van der Waals surface area contributed by atoms with E-state index >= 15 is 0 Å². The molecule has 0 aliphatic heterocycles. The number of likely N-dealkylation sites (N-methyl/N-ethyl adjacent to an activating group) is 1. The van der Waals surface area contributed by atoms with Gasteiger partial charge in [0.1, 0.15) is 6.29 Å². The Morgan fingerprint density at radius 1 is 1.33 bits per heavy atom. The molecule has 0 aromatic heterocycles. The van der Waals surface area contributed by atoms with Gasteiger partial charge in [0.15, 0.2) is 0 Å². The second-order valence-electron chi connectivity index (χ2n) is 5.24. The Hall–Kier alpha value is -0.900. The van der Waals surface area contributed by atoms with Crippen LogP contribution in [-0.2, 0) is 9.59 Å². The summed E-state index contributed by atoms with van der Waals surface area (Å²) in [5.74, 6) is 0.549. The molecule has 0 aromatic rings. The third-order valence-electron chi connectivity index (χ3n) is 3.00. The number of carbonyl (C=O) groups is 2. The summed E-state index contributed by atoms with van der Waals surface area (Å²) in [7, 11) is 4.06. The number of amides is 1. The van der Waals surface area contributed by atoms with Gasteiger partial charge in [-0.25, -0.2) is 0 Å². The van der Waals surface area contributed by atoms with E-state index in [1.165, 1.54) is 26.2 Å². The van der Waals surface area contributed by atoms with Crippen LogP contribution in [0.5, 0.6) is 0 Å². The summed E-state index contributed by atoms with van der Waals surface area (Å²) in [5.41, 5.74) is 0. The fraction of sp³-hybridized carbons (Fsp3) is 0.857. The fourth-order valence-corrected chi connectivity index (χ4v) is 2.32. The number of carbonyl (C=O) groups excluding carboxylic acids is 2. The van der Waals surface area contributed by atoms with Gasteiger partial charge >= 0.3 is 0 Å². The minimum absolute atomic E-state index is 0.259. The van der Waals surface area contributed by atoms with Crippen molar-refractivity contribution in [2.75, 3.05) is 20.6 Å². The van der Waals surface area contributed by atoms with E-state index < -0.39 is 0 Å². The van der Waals surface area contributed by atoms with Gasteiger partial charge in [0.05, 0.1) is 0 Å². The lowest BCUT2D eigenvalue weighted by Crippen LogP contribution is -2.42. The van der Waals surface area contributed by atoms with Crippen LogP contribution < -0.4 is 5.32 Å². The first-order valence-corrected chi connectivity index (χ1v) is 6.86. The predicted molar refractivity (Wildman–Crippen MR) is 74.5 cm³/mol. The van der Waals surface area contributed by atoms with Crippen molar-refractivity contribution in [1.82, 2.24) is 10.2 Å². The maximum atomic E-state index is 11.9. The highest BCUT2D eigenvalue weighted by molar-refractivity contribution is 5.78. The van der Waals surface area contributed by atoms with Crippen molar-refractivity contribution in [2.45, 2.75) is 52.0 Å². The average Bonchev–Trinajstić information content (AvgIpc) is 2.30. The molecular weight excluding hydrogens is 228 g/mol. The average molecular weight is 256 g/mol. The number of hydrogen-bond donors (Lipinski definition) is 1. The summed E-state index contributed by atoms with van der Waals surface area (Å²) < 4.78 is 0. The lowest BCUT2D eigenvalue weighted by Gasteiger charge is -2.24. The van der Waals surface area contributed by atoms with E-state index in [2.05, 4.69) is 17.1 Å². The van der Waals surface area contributed by atoms with Gasteiger partial charge in [-0.05, 0) is 40.8 Å². The van der Waals surface area contributed by atoms with E-state index in [-0.39, 0.29) is 17.9 Å². The van der Waals surface area contributed by atoms with E-state index in [0.29, 0.717) is 0 Å². The fourth-order valence-electron chi connectivity index (χ4n) is 2.32. The number of hydrogen-bond acceptors (Lipinski definition) is 3. The summed E-state index contributed by atoms with van der Waals surface area (Å²) in [6.45, 7) is 4.43. The summed E-state index contributed by atoms with van der Waals surface area (Å²) in [4.78, 5) is 22.8. The molecular formula is C14H28N2O2. The molecule has 0 bridgehead atoms. The Morgan fingerprint density at radius 3 is 2.28 bits per heavy atom.